The number of nitrogens with zero attached hydrogens (tertiary/aromatic N) is 2. The lowest BCUT2D eigenvalue weighted by Crippen LogP contribution is -2.45. The molecule has 0 N–H and O–H groups in total. The molecule has 23 heavy (non-hydrogen) atoms. The maximum Gasteiger partial charge on any atom is 0.410 e. The van der Waals surface area contributed by atoms with Gasteiger partial charge in [-0.25, -0.2) is 4.79 Å². The van der Waals surface area contributed by atoms with Crippen molar-refractivity contribution in [3.63, 3.8) is 0 Å². The molecule has 1 saturated heterocycles. The number of hydrogen-bond acceptors (Lipinski definition) is 4. The predicted octanol–water partition coefficient (Wildman–Crippen LogP) is 4.39. The van der Waals surface area contributed by atoms with Crippen LogP contribution in [-0.4, -0.2) is 48.2 Å². The van der Waals surface area contributed by atoms with E-state index in [1.165, 1.54) is 11.3 Å². The molecular weight excluding hydrogens is 308 g/mol. The zero-order valence-electron chi connectivity index (χ0n) is 15.0. The highest BCUT2D eigenvalue weighted by Crippen LogP contribution is 2.26. The van der Waals surface area contributed by atoms with Crippen molar-refractivity contribution in [2.24, 2.45) is 5.92 Å². The van der Waals surface area contributed by atoms with E-state index < -0.39 is 5.60 Å². The van der Waals surface area contributed by atoms with Gasteiger partial charge < -0.3 is 9.64 Å². The van der Waals surface area contributed by atoms with Crippen LogP contribution in [0.1, 0.15) is 51.5 Å². The molecule has 2 atom stereocenters. The molecule has 1 aromatic heterocycles. The highest BCUT2D eigenvalue weighted by molar-refractivity contribution is 7.10. The largest absolute Gasteiger partial charge is 0.444 e. The third-order valence-corrected chi connectivity index (χ3v) is 5.38. The van der Waals surface area contributed by atoms with Crippen molar-refractivity contribution < 1.29 is 9.53 Å². The standard InChI is InChI=1S/C18H30N2O2S/c1-14(16-9-7-11-23-16)19(5)12-15-8-6-10-20(13-15)17(21)22-18(2,3)4/h7,9,11,14-15H,6,8,10,12-13H2,1-5H3. The van der Waals surface area contributed by atoms with Crippen LogP contribution in [0.5, 0.6) is 0 Å². The number of piperidine rings is 1. The number of amides is 1. The van der Waals surface area contributed by atoms with Crippen molar-refractivity contribution in [3.8, 4) is 0 Å². The molecule has 0 aliphatic carbocycles. The molecule has 1 amide bonds. The minimum Gasteiger partial charge on any atom is -0.444 e. The van der Waals surface area contributed by atoms with Crippen LogP contribution in [0.25, 0.3) is 0 Å². The molecule has 0 aromatic carbocycles. The van der Waals surface area contributed by atoms with Crippen molar-refractivity contribution in [2.75, 3.05) is 26.7 Å². The maximum atomic E-state index is 12.3. The van der Waals surface area contributed by atoms with E-state index in [9.17, 15) is 4.79 Å². The number of carbonyl (C=O) groups excluding carboxylic acids is 1. The Morgan fingerprint density at radius 3 is 2.87 bits per heavy atom. The molecule has 1 aromatic rings. The van der Waals surface area contributed by atoms with Gasteiger partial charge in [0, 0.05) is 30.6 Å². The van der Waals surface area contributed by atoms with E-state index in [-0.39, 0.29) is 6.09 Å². The molecule has 0 spiro atoms. The van der Waals surface area contributed by atoms with Gasteiger partial charge in [-0.05, 0) is 64.9 Å². The summed E-state index contributed by atoms with van der Waals surface area (Å²) in [4.78, 5) is 17.9. The minimum absolute atomic E-state index is 0.170. The number of thiophene rings is 1. The first kappa shape index (κ1) is 18.3. The fourth-order valence-electron chi connectivity index (χ4n) is 3.02. The van der Waals surface area contributed by atoms with Crippen LogP contribution >= 0.6 is 11.3 Å². The predicted molar refractivity (Wildman–Crippen MR) is 95.9 cm³/mol. The van der Waals surface area contributed by atoms with E-state index >= 15 is 0 Å². The molecule has 2 unspecified atom stereocenters. The molecule has 130 valence electrons. The summed E-state index contributed by atoms with van der Waals surface area (Å²) in [5, 5.41) is 2.13. The molecule has 5 heteroatoms. The molecule has 2 heterocycles. The molecule has 2 rings (SSSR count). The molecule has 1 aliphatic rings. The first-order chi connectivity index (χ1) is 10.8. The van der Waals surface area contributed by atoms with Crippen molar-refractivity contribution >= 4 is 17.4 Å². The molecule has 0 bridgehead atoms. The fourth-order valence-corrected chi connectivity index (χ4v) is 3.87. The van der Waals surface area contributed by atoms with E-state index in [4.69, 9.17) is 4.74 Å². The topological polar surface area (TPSA) is 32.8 Å². The van der Waals surface area contributed by atoms with Gasteiger partial charge in [0.2, 0.25) is 0 Å². The number of carbonyl (C=O) groups is 1. The van der Waals surface area contributed by atoms with Crippen LogP contribution in [-0.2, 0) is 4.74 Å². The van der Waals surface area contributed by atoms with Crippen LogP contribution < -0.4 is 0 Å². The Morgan fingerprint density at radius 1 is 1.52 bits per heavy atom. The van der Waals surface area contributed by atoms with Gasteiger partial charge in [-0.1, -0.05) is 6.07 Å². The van der Waals surface area contributed by atoms with Crippen LogP contribution in [0, 0.1) is 5.92 Å². The maximum absolute atomic E-state index is 12.3. The quantitative estimate of drug-likeness (QED) is 0.816. The van der Waals surface area contributed by atoms with Crippen LogP contribution in [0.15, 0.2) is 17.5 Å². The second kappa shape index (κ2) is 7.67. The summed E-state index contributed by atoms with van der Waals surface area (Å²) in [5.41, 5.74) is -0.422. The van der Waals surface area contributed by atoms with Crippen LogP contribution in [0.2, 0.25) is 0 Å². The summed E-state index contributed by atoms with van der Waals surface area (Å²) in [7, 11) is 2.18. The Labute approximate surface area is 144 Å². The lowest BCUT2D eigenvalue weighted by atomic mass is 9.97. The van der Waals surface area contributed by atoms with E-state index in [2.05, 4.69) is 36.4 Å². The van der Waals surface area contributed by atoms with Crippen LogP contribution in [0.3, 0.4) is 0 Å². The Balaban J connectivity index is 1.87. The molecule has 0 saturated carbocycles. The van der Waals surface area contributed by atoms with E-state index in [0.29, 0.717) is 12.0 Å². The minimum atomic E-state index is -0.422. The van der Waals surface area contributed by atoms with Gasteiger partial charge in [-0.2, -0.15) is 0 Å². The fraction of sp³-hybridized carbons (Fsp3) is 0.722. The molecule has 0 radical (unpaired) electrons. The Morgan fingerprint density at radius 2 is 2.26 bits per heavy atom. The van der Waals surface area contributed by atoms with Crippen molar-refractivity contribution in [3.05, 3.63) is 22.4 Å². The van der Waals surface area contributed by atoms with Gasteiger partial charge in [0.25, 0.3) is 0 Å². The number of ether oxygens (including phenoxy) is 1. The number of rotatable bonds is 4. The van der Waals surface area contributed by atoms with Gasteiger partial charge in [0.15, 0.2) is 0 Å². The zero-order chi connectivity index (χ0) is 17.0. The van der Waals surface area contributed by atoms with Gasteiger partial charge in [-0.15, -0.1) is 11.3 Å². The zero-order valence-corrected chi connectivity index (χ0v) is 15.9. The average Bonchev–Trinajstić information content (AvgIpc) is 2.99. The van der Waals surface area contributed by atoms with Crippen molar-refractivity contribution in [2.45, 2.75) is 52.2 Å². The smallest absolute Gasteiger partial charge is 0.410 e. The van der Waals surface area contributed by atoms with E-state index in [0.717, 1.165) is 26.1 Å². The van der Waals surface area contributed by atoms with Gasteiger partial charge in [-0.3, -0.25) is 4.90 Å². The monoisotopic (exact) mass is 338 g/mol. The summed E-state index contributed by atoms with van der Waals surface area (Å²) >= 11 is 1.81. The van der Waals surface area contributed by atoms with E-state index in [1.54, 1.807) is 11.3 Å². The molecule has 4 nitrogen and oxygen atoms in total. The Kier molecular flexibility index (Phi) is 6.09. The summed E-state index contributed by atoms with van der Waals surface area (Å²) in [6.07, 6.45) is 2.07. The van der Waals surface area contributed by atoms with E-state index in [1.807, 2.05) is 25.7 Å². The normalized spacial score (nSPS) is 20.6. The van der Waals surface area contributed by atoms with Crippen molar-refractivity contribution in [1.82, 2.24) is 9.80 Å². The summed E-state index contributed by atoms with van der Waals surface area (Å²) in [5.74, 6) is 0.517. The Hall–Kier alpha value is -1.07. The average molecular weight is 339 g/mol. The Bertz CT molecular complexity index is 496. The lowest BCUT2D eigenvalue weighted by Gasteiger charge is -2.36. The highest BCUT2D eigenvalue weighted by Gasteiger charge is 2.28. The van der Waals surface area contributed by atoms with Gasteiger partial charge in [0.05, 0.1) is 0 Å². The number of likely N-dealkylation sites (tertiary alicyclic amines) is 1. The van der Waals surface area contributed by atoms with Gasteiger partial charge in [0.1, 0.15) is 5.60 Å². The third-order valence-electron chi connectivity index (χ3n) is 4.33. The van der Waals surface area contributed by atoms with Crippen molar-refractivity contribution in [1.29, 1.82) is 0 Å². The van der Waals surface area contributed by atoms with Crippen LogP contribution in [0.4, 0.5) is 4.79 Å². The lowest BCUT2D eigenvalue weighted by molar-refractivity contribution is 0.0143. The number of hydrogen-bond donors (Lipinski definition) is 0. The molecular formula is C18H30N2O2S. The third kappa shape index (κ3) is 5.50. The molecule has 1 aliphatic heterocycles. The summed E-state index contributed by atoms with van der Waals surface area (Å²) < 4.78 is 5.51. The second-order valence-electron chi connectivity index (χ2n) is 7.57. The highest BCUT2D eigenvalue weighted by atomic mass is 32.1. The SMILES string of the molecule is CC(c1cccs1)N(C)CC1CCCN(C(=O)OC(C)(C)C)C1. The molecule has 1 fully saturated rings. The summed E-state index contributed by atoms with van der Waals surface area (Å²) in [6.45, 7) is 10.6. The van der Waals surface area contributed by atoms with Gasteiger partial charge >= 0.3 is 6.09 Å². The summed E-state index contributed by atoms with van der Waals surface area (Å²) in [6, 6.07) is 4.72. The first-order valence-corrected chi connectivity index (χ1v) is 9.36. The first-order valence-electron chi connectivity index (χ1n) is 8.48. The second-order valence-corrected chi connectivity index (χ2v) is 8.54.